The van der Waals surface area contributed by atoms with E-state index in [1.807, 2.05) is 4.90 Å². The highest BCUT2D eigenvalue weighted by Gasteiger charge is 2.26. The van der Waals surface area contributed by atoms with Crippen molar-refractivity contribution in [2.24, 2.45) is 5.73 Å². The monoisotopic (exact) mass is 185 g/mol. The van der Waals surface area contributed by atoms with Crippen molar-refractivity contribution in [3.05, 3.63) is 0 Å². The van der Waals surface area contributed by atoms with Gasteiger partial charge < -0.3 is 15.5 Å². The fourth-order valence-electron chi connectivity index (χ4n) is 1.73. The van der Waals surface area contributed by atoms with E-state index >= 15 is 0 Å². The molecule has 13 heavy (non-hydrogen) atoms. The average molecular weight is 185 g/mol. The van der Waals surface area contributed by atoms with E-state index in [1.165, 1.54) is 0 Å². The molecule has 1 amide bonds. The van der Waals surface area contributed by atoms with Crippen molar-refractivity contribution in [3.63, 3.8) is 0 Å². The first-order valence-electron chi connectivity index (χ1n) is 4.77. The fraction of sp³-hybridized carbons (Fsp3) is 0.889. The summed E-state index contributed by atoms with van der Waals surface area (Å²) in [6.45, 7) is 6.50. The lowest BCUT2D eigenvalue weighted by molar-refractivity contribution is -0.136. The lowest BCUT2D eigenvalue weighted by atomic mass is 10.1. The molecule has 1 aliphatic heterocycles. The zero-order valence-electron chi connectivity index (χ0n) is 8.66. The molecule has 76 valence electrons. The molecular formula is C9H19N3O. The molecule has 1 fully saturated rings. The first-order chi connectivity index (χ1) is 6.02. The normalized spacial score (nSPS) is 27.4. The molecule has 2 atom stereocenters. The summed E-state index contributed by atoms with van der Waals surface area (Å²) in [5.41, 5.74) is 5.56. The van der Waals surface area contributed by atoms with Gasteiger partial charge in [0.05, 0.1) is 6.04 Å². The Bertz CT molecular complexity index is 193. The Hall–Kier alpha value is -0.610. The van der Waals surface area contributed by atoms with Crippen molar-refractivity contribution in [3.8, 4) is 0 Å². The van der Waals surface area contributed by atoms with Gasteiger partial charge in [-0.05, 0) is 20.9 Å². The summed E-state index contributed by atoms with van der Waals surface area (Å²) in [6, 6.07) is -0.0805. The SMILES string of the molecule is CC(N)C(=O)N1CCN(C)CC1C. The summed E-state index contributed by atoms with van der Waals surface area (Å²) < 4.78 is 0. The number of piperazine rings is 1. The van der Waals surface area contributed by atoms with Gasteiger partial charge in [0.15, 0.2) is 0 Å². The summed E-state index contributed by atoms with van der Waals surface area (Å²) in [6.07, 6.45) is 0. The summed E-state index contributed by atoms with van der Waals surface area (Å²) >= 11 is 0. The molecule has 0 spiro atoms. The molecule has 0 aromatic rings. The third-order valence-electron chi connectivity index (χ3n) is 2.50. The number of amides is 1. The van der Waals surface area contributed by atoms with Crippen molar-refractivity contribution in [1.82, 2.24) is 9.80 Å². The van der Waals surface area contributed by atoms with Crippen LogP contribution in [0.15, 0.2) is 0 Å². The number of likely N-dealkylation sites (N-methyl/N-ethyl adjacent to an activating group) is 1. The average Bonchev–Trinajstić information content (AvgIpc) is 2.03. The number of rotatable bonds is 1. The number of nitrogens with zero attached hydrogens (tertiary/aromatic N) is 2. The molecule has 4 nitrogen and oxygen atoms in total. The van der Waals surface area contributed by atoms with Crippen molar-refractivity contribution in [1.29, 1.82) is 0 Å². The Labute approximate surface area is 79.7 Å². The van der Waals surface area contributed by atoms with E-state index in [-0.39, 0.29) is 18.0 Å². The topological polar surface area (TPSA) is 49.6 Å². The van der Waals surface area contributed by atoms with Gasteiger partial charge in [-0.25, -0.2) is 0 Å². The van der Waals surface area contributed by atoms with Crippen LogP contribution < -0.4 is 5.73 Å². The minimum Gasteiger partial charge on any atom is -0.336 e. The molecule has 2 N–H and O–H groups in total. The summed E-state index contributed by atoms with van der Waals surface area (Å²) in [5, 5.41) is 0. The van der Waals surface area contributed by atoms with E-state index in [4.69, 9.17) is 5.73 Å². The third kappa shape index (κ3) is 2.42. The fourth-order valence-corrected chi connectivity index (χ4v) is 1.73. The van der Waals surface area contributed by atoms with Crippen molar-refractivity contribution in [2.45, 2.75) is 25.9 Å². The maximum Gasteiger partial charge on any atom is 0.239 e. The summed E-state index contributed by atoms with van der Waals surface area (Å²) in [4.78, 5) is 15.7. The predicted molar refractivity (Wildman–Crippen MR) is 52.3 cm³/mol. The molecule has 1 saturated heterocycles. The standard InChI is InChI=1S/C9H19N3O/c1-7-6-11(3)4-5-12(7)9(13)8(2)10/h7-8H,4-6,10H2,1-3H3. The van der Waals surface area contributed by atoms with E-state index in [1.54, 1.807) is 6.92 Å². The van der Waals surface area contributed by atoms with Crippen molar-refractivity contribution in [2.75, 3.05) is 26.7 Å². The van der Waals surface area contributed by atoms with Gasteiger partial charge in [-0.1, -0.05) is 0 Å². The molecule has 0 aliphatic carbocycles. The first-order valence-corrected chi connectivity index (χ1v) is 4.77. The van der Waals surface area contributed by atoms with Gasteiger partial charge in [0.25, 0.3) is 0 Å². The van der Waals surface area contributed by atoms with Crippen LogP contribution in [0.1, 0.15) is 13.8 Å². The molecule has 1 heterocycles. The smallest absolute Gasteiger partial charge is 0.239 e. The molecule has 0 aromatic heterocycles. The Kier molecular flexibility index (Phi) is 3.27. The van der Waals surface area contributed by atoms with Crippen LogP contribution in [0.4, 0.5) is 0 Å². The zero-order chi connectivity index (χ0) is 10.0. The highest BCUT2D eigenvalue weighted by molar-refractivity contribution is 5.81. The van der Waals surface area contributed by atoms with Crippen LogP contribution in [0.25, 0.3) is 0 Å². The predicted octanol–water partition coefficient (Wildman–Crippen LogP) is -0.504. The molecule has 0 bridgehead atoms. The molecule has 0 radical (unpaired) electrons. The van der Waals surface area contributed by atoms with Gasteiger partial charge in [-0.2, -0.15) is 0 Å². The van der Waals surface area contributed by atoms with Gasteiger partial charge in [-0.3, -0.25) is 4.79 Å². The lowest BCUT2D eigenvalue weighted by Crippen LogP contribution is -2.56. The van der Waals surface area contributed by atoms with Gasteiger partial charge in [0, 0.05) is 25.7 Å². The number of hydrogen-bond donors (Lipinski definition) is 1. The Balaban J connectivity index is 2.56. The molecule has 1 aliphatic rings. The first kappa shape index (κ1) is 10.5. The van der Waals surface area contributed by atoms with Crippen LogP contribution in [0.5, 0.6) is 0 Å². The summed E-state index contributed by atoms with van der Waals surface area (Å²) in [5.74, 6) is 0.0700. The minimum atomic E-state index is -0.370. The van der Waals surface area contributed by atoms with E-state index in [2.05, 4.69) is 18.9 Å². The zero-order valence-corrected chi connectivity index (χ0v) is 8.66. The minimum absolute atomic E-state index is 0.0700. The number of hydrogen-bond acceptors (Lipinski definition) is 3. The van der Waals surface area contributed by atoms with Crippen LogP contribution in [-0.4, -0.2) is 54.5 Å². The highest BCUT2D eigenvalue weighted by atomic mass is 16.2. The van der Waals surface area contributed by atoms with Crippen molar-refractivity contribution >= 4 is 5.91 Å². The van der Waals surface area contributed by atoms with E-state index in [9.17, 15) is 4.79 Å². The second-order valence-electron chi connectivity index (χ2n) is 3.93. The molecule has 0 aromatic carbocycles. The quantitative estimate of drug-likeness (QED) is 0.599. The molecule has 1 rings (SSSR count). The van der Waals surface area contributed by atoms with E-state index in [0.29, 0.717) is 0 Å². The van der Waals surface area contributed by atoms with Gasteiger partial charge >= 0.3 is 0 Å². The van der Waals surface area contributed by atoms with Gasteiger partial charge in [0.1, 0.15) is 0 Å². The number of carbonyl (C=O) groups excluding carboxylic acids is 1. The van der Waals surface area contributed by atoms with Crippen LogP contribution in [0.3, 0.4) is 0 Å². The molecule has 2 unspecified atom stereocenters. The van der Waals surface area contributed by atoms with Gasteiger partial charge in [0.2, 0.25) is 5.91 Å². The maximum absolute atomic E-state index is 11.6. The Morgan fingerprint density at radius 2 is 2.15 bits per heavy atom. The number of nitrogens with two attached hydrogens (primary N) is 1. The second kappa shape index (κ2) is 4.07. The van der Waals surface area contributed by atoms with E-state index in [0.717, 1.165) is 19.6 Å². The maximum atomic E-state index is 11.6. The van der Waals surface area contributed by atoms with E-state index < -0.39 is 0 Å². The summed E-state index contributed by atoms with van der Waals surface area (Å²) in [7, 11) is 2.07. The lowest BCUT2D eigenvalue weighted by Gasteiger charge is -2.39. The Morgan fingerprint density at radius 1 is 1.54 bits per heavy atom. The van der Waals surface area contributed by atoms with Gasteiger partial charge in [-0.15, -0.1) is 0 Å². The molecular weight excluding hydrogens is 166 g/mol. The largest absolute Gasteiger partial charge is 0.336 e. The molecule has 4 heteroatoms. The van der Waals surface area contributed by atoms with Crippen LogP contribution in [0, 0.1) is 0 Å². The number of carbonyl (C=O) groups is 1. The Morgan fingerprint density at radius 3 is 2.62 bits per heavy atom. The molecule has 0 saturated carbocycles. The van der Waals surface area contributed by atoms with Crippen LogP contribution in [-0.2, 0) is 4.79 Å². The van der Waals surface area contributed by atoms with Crippen molar-refractivity contribution < 1.29 is 4.79 Å². The second-order valence-corrected chi connectivity index (χ2v) is 3.93. The highest BCUT2D eigenvalue weighted by Crippen LogP contribution is 2.08. The van der Waals surface area contributed by atoms with Crippen LogP contribution in [0.2, 0.25) is 0 Å². The van der Waals surface area contributed by atoms with Crippen LogP contribution >= 0.6 is 0 Å². The third-order valence-corrected chi connectivity index (χ3v) is 2.50.